The summed E-state index contributed by atoms with van der Waals surface area (Å²) in [4.78, 5) is 34.1. The lowest BCUT2D eigenvalue weighted by Crippen LogP contribution is -2.42. The van der Waals surface area contributed by atoms with Gasteiger partial charge in [0, 0.05) is 27.6 Å². The average molecular weight is 469 g/mol. The van der Waals surface area contributed by atoms with Crippen LogP contribution in [0, 0.1) is 13.8 Å². The maximum atomic E-state index is 12.3. The molecule has 2 N–H and O–H groups in total. The van der Waals surface area contributed by atoms with E-state index in [4.69, 9.17) is 4.74 Å². The Hall–Kier alpha value is -3.04. The summed E-state index contributed by atoms with van der Waals surface area (Å²) >= 11 is 2.92. The number of amides is 2. The number of hydrogen-bond acceptors (Lipinski definition) is 7. The standard InChI is InChI=1S/C23H24N4O3S2/c1-15-12-16(2)25-23(24-15)32-13-17-4-6-18(7-5-17)22(29)27-26-21(28)14-31-20-10-8-19(30-3)9-11-20/h4-12H,13-14H2,1-3H3,(H,26,28)(H,27,29). The molecule has 0 atom stereocenters. The fraction of sp³-hybridized carbons (Fsp3) is 0.217. The number of thioether (sulfide) groups is 2. The van der Waals surface area contributed by atoms with Gasteiger partial charge in [-0.2, -0.15) is 0 Å². The molecule has 32 heavy (non-hydrogen) atoms. The van der Waals surface area contributed by atoms with Crippen molar-refractivity contribution in [3.63, 3.8) is 0 Å². The molecule has 2 aromatic carbocycles. The zero-order valence-corrected chi connectivity index (χ0v) is 19.7. The minimum absolute atomic E-state index is 0.184. The lowest BCUT2D eigenvalue weighted by molar-refractivity contribution is -0.119. The van der Waals surface area contributed by atoms with Gasteiger partial charge in [0.1, 0.15) is 5.75 Å². The van der Waals surface area contributed by atoms with E-state index in [2.05, 4.69) is 20.8 Å². The Morgan fingerprint density at radius 1 is 0.906 bits per heavy atom. The van der Waals surface area contributed by atoms with Gasteiger partial charge in [0.2, 0.25) is 5.91 Å². The zero-order chi connectivity index (χ0) is 22.9. The van der Waals surface area contributed by atoms with E-state index in [1.54, 1.807) is 31.0 Å². The second kappa shape index (κ2) is 11.5. The Balaban J connectivity index is 1.43. The van der Waals surface area contributed by atoms with Gasteiger partial charge in [-0.3, -0.25) is 20.4 Å². The summed E-state index contributed by atoms with van der Waals surface area (Å²) < 4.78 is 5.11. The number of rotatable bonds is 8. The Morgan fingerprint density at radius 3 is 2.19 bits per heavy atom. The molecule has 3 rings (SSSR count). The van der Waals surface area contributed by atoms with Crippen molar-refractivity contribution in [1.82, 2.24) is 20.8 Å². The topological polar surface area (TPSA) is 93.2 Å². The second-order valence-corrected chi connectivity index (χ2v) is 8.88. The van der Waals surface area contributed by atoms with Crippen LogP contribution in [0.25, 0.3) is 0 Å². The summed E-state index contributed by atoms with van der Waals surface area (Å²) in [6, 6.07) is 16.6. The first-order valence-corrected chi connectivity index (χ1v) is 11.8. The van der Waals surface area contributed by atoms with E-state index in [9.17, 15) is 9.59 Å². The molecule has 0 aliphatic carbocycles. The highest BCUT2D eigenvalue weighted by Crippen LogP contribution is 2.21. The number of benzene rings is 2. The van der Waals surface area contributed by atoms with Crippen molar-refractivity contribution in [3.05, 3.63) is 77.1 Å². The molecule has 166 valence electrons. The molecule has 7 nitrogen and oxygen atoms in total. The third-order valence-corrected chi connectivity index (χ3v) is 6.22. The summed E-state index contributed by atoms with van der Waals surface area (Å²) in [5, 5.41) is 0.736. The molecule has 0 aliphatic heterocycles. The molecular weight excluding hydrogens is 444 g/mol. The van der Waals surface area contributed by atoms with Crippen molar-refractivity contribution >= 4 is 35.3 Å². The van der Waals surface area contributed by atoms with Crippen LogP contribution in [0.2, 0.25) is 0 Å². The largest absolute Gasteiger partial charge is 0.497 e. The lowest BCUT2D eigenvalue weighted by Gasteiger charge is -2.08. The highest BCUT2D eigenvalue weighted by Gasteiger charge is 2.09. The van der Waals surface area contributed by atoms with E-state index in [1.165, 1.54) is 11.8 Å². The van der Waals surface area contributed by atoms with Gasteiger partial charge in [-0.1, -0.05) is 23.9 Å². The molecule has 0 saturated heterocycles. The molecule has 0 fully saturated rings. The number of aromatic nitrogens is 2. The van der Waals surface area contributed by atoms with E-state index in [-0.39, 0.29) is 17.6 Å². The smallest absolute Gasteiger partial charge is 0.269 e. The lowest BCUT2D eigenvalue weighted by atomic mass is 10.1. The number of hydrazine groups is 1. The Labute approximate surface area is 195 Å². The first-order chi connectivity index (χ1) is 15.4. The minimum Gasteiger partial charge on any atom is -0.497 e. The van der Waals surface area contributed by atoms with Crippen molar-refractivity contribution < 1.29 is 14.3 Å². The van der Waals surface area contributed by atoms with Crippen LogP contribution in [0.3, 0.4) is 0 Å². The third-order valence-electron chi connectivity index (χ3n) is 4.29. The number of hydrogen-bond donors (Lipinski definition) is 2. The van der Waals surface area contributed by atoms with Gasteiger partial charge >= 0.3 is 0 Å². The molecule has 2 amide bonds. The molecule has 1 aromatic heterocycles. The quantitative estimate of drug-likeness (QED) is 0.294. The number of aryl methyl sites for hydroxylation is 2. The fourth-order valence-corrected chi connectivity index (χ4v) is 4.32. The van der Waals surface area contributed by atoms with E-state index in [1.807, 2.05) is 56.3 Å². The highest BCUT2D eigenvalue weighted by atomic mass is 32.2. The maximum absolute atomic E-state index is 12.3. The van der Waals surface area contributed by atoms with Crippen LogP contribution < -0.4 is 15.6 Å². The van der Waals surface area contributed by atoms with Crippen molar-refractivity contribution in [1.29, 1.82) is 0 Å². The minimum atomic E-state index is -0.371. The van der Waals surface area contributed by atoms with Crippen molar-refractivity contribution in [3.8, 4) is 5.75 Å². The zero-order valence-electron chi connectivity index (χ0n) is 18.0. The van der Waals surface area contributed by atoms with Crippen LogP contribution in [-0.2, 0) is 10.5 Å². The molecule has 3 aromatic rings. The molecule has 0 radical (unpaired) electrons. The van der Waals surface area contributed by atoms with Gasteiger partial charge in [-0.05, 0) is 61.9 Å². The number of ether oxygens (including phenoxy) is 1. The number of nitrogens with zero attached hydrogens (tertiary/aromatic N) is 2. The summed E-state index contributed by atoms with van der Waals surface area (Å²) in [5.41, 5.74) is 8.28. The molecule has 1 heterocycles. The second-order valence-electron chi connectivity index (χ2n) is 6.89. The number of methoxy groups -OCH3 is 1. The fourth-order valence-electron chi connectivity index (χ4n) is 2.71. The van der Waals surface area contributed by atoms with Crippen LogP contribution in [0.4, 0.5) is 0 Å². The first kappa shape index (κ1) is 23.6. The first-order valence-electron chi connectivity index (χ1n) is 9.83. The normalized spacial score (nSPS) is 10.5. The maximum Gasteiger partial charge on any atom is 0.269 e. The molecule has 0 unspecified atom stereocenters. The highest BCUT2D eigenvalue weighted by molar-refractivity contribution is 8.00. The molecule has 0 bridgehead atoms. The summed E-state index contributed by atoms with van der Waals surface area (Å²) in [6.45, 7) is 3.89. The predicted octanol–water partition coefficient (Wildman–Crippen LogP) is 3.95. The van der Waals surface area contributed by atoms with Gasteiger partial charge in [0.25, 0.3) is 5.91 Å². The molecular formula is C23H24N4O3S2. The van der Waals surface area contributed by atoms with E-state index in [0.29, 0.717) is 11.3 Å². The van der Waals surface area contributed by atoms with Gasteiger partial charge in [0.15, 0.2) is 5.16 Å². The van der Waals surface area contributed by atoms with Crippen LogP contribution in [0.5, 0.6) is 5.75 Å². The summed E-state index contributed by atoms with van der Waals surface area (Å²) in [6.07, 6.45) is 0. The number of carbonyl (C=O) groups excluding carboxylic acids is 2. The van der Waals surface area contributed by atoms with Gasteiger partial charge in [-0.25, -0.2) is 9.97 Å². The van der Waals surface area contributed by atoms with Crippen LogP contribution in [-0.4, -0.2) is 34.6 Å². The van der Waals surface area contributed by atoms with Crippen molar-refractivity contribution in [2.24, 2.45) is 0 Å². The van der Waals surface area contributed by atoms with Gasteiger partial charge < -0.3 is 4.74 Å². The average Bonchev–Trinajstić information content (AvgIpc) is 2.80. The van der Waals surface area contributed by atoms with E-state index in [0.717, 1.165) is 32.8 Å². The summed E-state index contributed by atoms with van der Waals surface area (Å²) in [7, 11) is 1.60. The number of nitrogens with one attached hydrogen (secondary N) is 2. The Bertz CT molecular complexity index is 1050. The SMILES string of the molecule is COc1ccc(SCC(=O)NNC(=O)c2ccc(CSc3nc(C)cc(C)n3)cc2)cc1. The van der Waals surface area contributed by atoms with Crippen molar-refractivity contribution in [2.45, 2.75) is 29.7 Å². The molecule has 0 spiro atoms. The monoisotopic (exact) mass is 468 g/mol. The third kappa shape index (κ3) is 7.28. The molecule has 0 aliphatic rings. The Kier molecular flexibility index (Phi) is 8.52. The van der Waals surface area contributed by atoms with E-state index >= 15 is 0 Å². The molecule has 0 saturated carbocycles. The van der Waals surface area contributed by atoms with Crippen LogP contribution in [0.1, 0.15) is 27.3 Å². The van der Waals surface area contributed by atoms with Gasteiger partial charge in [-0.15, -0.1) is 11.8 Å². The summed E-state index contributed by atoms with van der Waals surface area (Å²) in [5.74, 6) is 0.979. The van der Waals surface area contributed by atoms with Crippen LogP contribution >= 0.6 is 23.5 Å². The number of carbonyl (C=O) groups is 2. The predicted molar refractivity (Wildman–Crippen MR) is 127 cm³/mol. The molecule has 9 heteroatoms. The van der Waals surface area contributed by atoms with Gasteiger partial charge in [0.05, 0.1) is 12.9 Å². The van der Waals surface area contributed by atoms with Crippen molar-refractivity contribution in [2.75, 3.05) is 12.9 Å². The van der Waals surface area contributed by atoms with E-state index < -0.39 is 0 Å². The Morgan fingerprint density at radius 2 is 1.56 bits per heavy atom. The van der Waals surface area contributed by atoms with Crippen LogP contribution in [0.15, 0.2) is 64.6 Å².